The van der Waals surface area contributed by atoms with Crippen LogP contribution in [-0.2, 0) is 10.8 Å². The Labute approximate surface area is 337 Å². The first-order chi connectivity index (χ1) is 28.2. The van der Waals surface area contributed by atoms with Crippen molar-refractivity contribution in [2.45, 2.75) is 36.5 Å². The summed E-state index contributed by atoms with van der Waals surface area (Å²) in [6.07, 6.45) is 15.1. The highest BCUT2D eigenvalue weighted by molar-refractivity contribution is 5.90. The van der Waals surface area contributed by atoms with Gasteiger partial charge in [-0.3, -0.25) is 0 Å². The molecular weight excluding hydrogens is 687 g/mol. The van der Waals surface area contributed by atoms with Gasteiger partial charge in [0.15, 0.2) is 0 Å². The second-order valence-corrected chi connectivity index (χ2v) is 15.7. The van der Waals surface area contributed by atoms with Gasteiger partial charge < -0.3 is 4.90 Å². The molecule has 0 atom stereocenters. The van der Waals surface area contributed by atoms with Gasteiger partial charge in [0.25, 0.3) is 0 Å². The summed E-state index contributed by atoms with van der Waals surface area (Å²) < 4.78 is 0. The van der Waals surface area contributed by atoms with Crippen LogP contribution in [0.25, 0.3) is 34.4 Å². The number of nitrogens with zero attached hydrogens (tertiary/aromatic N) is 1. The maximum absolute atomic E-state index is 4.48. The van der Waals surface area contributed by atoms with Gasteiger partial charge in [0, 0.05) is 22.5 Å². The number of benzene rings is 7. The summed E-state index contributed by atoms with van der Waals surface area (Å²) in [5.74, 6) is 0. The lowest BCUT2D eigenvalue weighted by atomic mass is 9.67. The lowest BCUT2D eigenvalue weighted by Gasteiger charge is -2.35. The molecule has 274 valence electrons. The van der Waals surface area contributed by atoms with E-state index >= 15 is 0 Å². The van der Waals surface area contributed by atoms with Gasteiger partial charge in [-0.2, -0.15) is 0 Å². The van der Waals surface area contributed by atoms with E-state index in [1.807, 2.05) is 18.2 Å². The van der Waals surface area contributed by atoms with Gasteiger partial charge in [0.1, 0.15) is 0 Å². The van der Waals surface area contributed by atoms with Crippen LogP contribution in [0.15, 0.2) is 207 Å². The summed E-state index contributed by atoms with van der Waals surface area (Å²) in [6, 6.07) is 63.1. The van der Waals surface area contributed by atoms with Gasteiger partial charge in [-0.25, -0.2) is 0 Å². The van der Waals surface area contributed by atoms with Crippen molar-refractivity contribution in [1.82, 2.24) is 0 Å². The molecule has 3 aliphatic carbocycles. The predicted molar refractivity (Wildman–Crippen MR) is 241 cm³/mol. The van der Waals surface area contributed by atoms with Crippen LogP contribution in [0.3, 0.4) is 0 Å². The molecule has 0 saturated heterocycles. The Balaban J connectivity index is 1.24. The Hall–Kier alpha value is -6.70. The molecule has 0 heterocycles. The Bertz CT molecular complexity index is 2680. The van der Waals surface area contributed by atoms with E-state index < -0.39 is 5.41 Å². The van der Waals surface area contributed by atoms with Crippen LogP contribution in [-0.4, -0.2) is 0 Å². The van der Waals surface area contributed by atoms with E-state index in [-0.39, 0.29) is 5.41 Å². The summed E-state index contributed by atoms with van der Waals surface area (Å²) in [5.41, 5.74) is 18.4. The third-order valence-electron chi connectivity index (χ3n) is 12.8. The zero-order chi connectivity index (χ0) is 38.4. The lowest BCUT2D eigenvalue weighted by molar-refractivity contribution is 0.550. The Morgan fingerprint density at radius 3 is 1.63 bits per heavy atom. The van der Waals surface area contributed by atoms with Crippen molar-refractivity contribution in [2.75, 3.05) is 4.90 Å². The molecule has 0 N–H and O–H groups in total. The van der Waals surface area contributed by atoms with Gasteiger partial charge in [0.05, 0.1) is 5.41 Å². The topological polar surface area (TPSA) is 3.24 Å². The molecule has 7 aromatic rings. The SMILES string of the molecule is C=C/C=C\c1ccccc1/C=C(\C=C)N(c1ccc2c(c1)C1(CCCC1)c1ccccc1-2)c1ccc2c(c1)C(c1ccccc1)(c1ccccc1)c1ccccc1-2. The standard InChI is InChI=1S/C56H45N/c1-3-5-20-40-21-12-13-22-41(40)37-44(4-2)57(45-31-33-49-47-27-14-16-29-51(47)55(53(49)38-45)35-18-19-36-55)46-32-34-50-48-28-15-17-30-52(48)56(54(50)39-46,42-23-8-6-9-24-42)43-25-10-7-11-26-43/h3-17,20-34,37-39H,1-2,18-19,35-36H2/b20-5-,44-37+. The first-order valence-electron chi connectivity index (χ1n) is 20.3. The highest BCUT2D eigenvalue weighted by Gasteiger charge is 2.47. The quantitative estimate of drug-likeness (QED) is 0.134. The van der Waals surface area contributed by atoms with Crippen LogP contribution in [0, 0.1) is 0 Å². The molecule has 0 aliphatic heterocycles. The van der Waals surface area contributed by atoms with Gasteiger partial charge in [-0.05, 0) is 116 Å². The molecule has 1 nitrogen and oxygen atoms in total. The number of hydrogen-bond acceptors (Lipinski definition) is 1. The summed E-state index contributed by atoms with van der Waals surface area (Å²) in [4.78, 5) is 2.44. The Kier molecular flexibility index (Phi) is 8.60. The third kappa shape index (κ3) is 5.37. The van der Waals surface area contributed by atoms with Crippen molar-refractivity contribution >= 4 is 23.5 Å². The summed E-state index contributed by atoms with van der Waals surface area (Å²) in [5, 5.41) is 0. The van der Waals surface area contributed by atoms with Crippen molar-refractivity contribution < 1.29 is 0 Å². The minimum Gasteiger partial charge on any atom is -0.310 e. The molecule has 10 rings (SSSR count). The molecule has 1 heteroatoms. The van der Waals surface area contributed by atoms with E-state index in [9.17, 15) is 0 Å². The molecular formula is C56H45N. The first kappa shape index (κ1) is 34.8. The van der Waals surface area contributed by atoms with Gasteiger partial charge >= 0.3 is 0 Å². The Morgan fingerprint density at radius 2 is 1.00 bits per heavy atom. The van der Waals surface area contributed by atoms with Crippen LogP contribution < -0.4 is 4.90 Å². The normalized spacial score (nSPS) is 15.5. The fraction of sp³-hybridized carbons (Fsp3) is 0.107. The van der Waals surface area contributed by atoms with Crippen LogP contribution in [0.5, 0.6) is 0 Å². The van der Waals surface area contributed by atoms with Gasteiger partial charge in [-0.15, -0.1) is 0 Å². The minimum absolute atomic E-state index is 0.0447. The fourth-order valence-electron chi connectivity index (χ4n) is 10.5. The van der Waals surface area contributed by atoms with Crippen molar-refractivity contribution in [3.05, 3.63) is 251 Å². The largest absolute Gasteiger partial charge is 0.310 e. The second kappa shape index (κ2) is 14.1. The molecule has 57 heavy (non-hydrogen) atoms. The smallest absolute Gasteiger partial charge is 0.0714 e. The maximum atomic E-state index is 4.48. The van der Waals surface area contributed by atoms with Gasteiger partial charge in [0.2, 0.25) is 0 Å². The molecule has 7 aromatic carbocycles. The second-order valence-electron chi connectivity index (χ2n) is 15.7. The minimum atomic E-state index is -0.510. The summed E-state index contributed by atoms with van der Waals surface area (Å²) in [6.45, 7) is 8.42. The average Bonchev–Trinajstić information content (AvgIpc) is 3.96. The van der Waals surface area contributed by atoms with E-state index in [0.29, 0.717) is 0 Å². The van der Waals surface area contributed by atoms with Crippen LogP contribution in [0.1, 0.15) is 70.2 Å². The molecule has 0 aromatic heterocycles. The van der Waals surface area contributed by atoms with E-state index in [1.165, 1.54) is 81.3 Å². The number of anilines is 2. The summed E-state index contributed by atoms with van der Waals surface area (Å²) in [7, 11) is 0. The number of rotatable bonds is 9. The third-order valence-corrected chi connectivity index (χ3v) is 12.8. The van der Waals surface area contributed by atoms with Crippen molar-refractivity contribution in [1.29, 1.82) is 0 Å². The molecule has 1 saturated carbocycles. The van der Waals surface area contributed by atoms with Gasteiger partial charge in [-0.1, -0.05) is 190 Å². The predicted octanol–water partition coefficient (Wildman–Crippen LogP) is 14.5. The molecule has 0 bridgehead atoms. The fourth-order valence-corrected chi connectivity index (χ4v) is 10.5. The van der Waals surface area contributed by atoms with E-state index in [1.54, 1.807) is 0 Å². The van der Waals surface area contributed by atoms with E-state index in [2.05, 4.69) is 200 Å². The molecule has 3 aliphatic rings. The zero-order valence-corrected chi connectivity index (χ0v) is 32.2. The van der Waals surface area contributed by atoms with Crippen molar-refractivity contribution in [2.24, 2.45) is 0 Å². The van der Waals surface area contributed by atoms with Crippen LogP contribution >= 0.6 is 0 Å². The average molecular weight is 732 g/mol. The van der Waals surface area contributed by atoms with Crippen molar-refractivity contribution in [3.8, 4) is 22.3 Å². The number of fused-ring (bicyclic) bond motifs is 8. The number of hydrogen-bond donors (Lipinski definition) is 0. The maximum Gasteiger partial charge on any atom is 0.0714 e. The van der Waals surface area contributed by atoms with E-state index in [0.717, 1.165) is 28.2 Å². The Morgan fingerprint density at radius 1 is 0.491 bits per heavy atom. The van der Waals surface area contributed by atoms with E-state index in [4.69, 9.17) is 0 Å². The highest BCUT2D eigenvalue weighted by atomic mass is 15.1. The first-order valence-corrected chi connectivity index (χ1v) is 20.3. The van der Waals surface area contributed by atoms with Crippen LogP contribution in [0.4, 0.5) is 11.4 Å². The molecule has 0 radical (unpaired) electrons. The molecule has 0 unspecified atom stereocenters. The molecule has 0 amide bonds. The zero-order valence-electron chi connectivity index (χ0n) is 32.2. The van der Waals surface area contributed by atoms with Crippen LogP contribution in [0.2, 0.25) is 0 Å². The molecule has 1 spiro atoms. The monoisotopic (exact) mass is 731 g/mol. The summed E-state index contributed by atoms with van der Waals surface area (Å²) >= 11 is 0. The number of allylic oxidation sites excluding steroid dienone is 3. The molecule has 1 fully saturated rings. The van der Waals surface area contributed by atoms with Crippen molar-refractivity contribution in [3.63, 3.8) is 0 Å². The highest BCUT2D eigenvalue weighted by Crippen LogP contribution is 2.59. The lowest BCUT2D eigenvalue weighted by Crippen LogP contribution is -2.29.